The maximum absolute atomic E-state index is 12.1. The van der Waals surface area contributed by atoms with Crippen molar-refractivity contribution in [1.29, 1.82) is 0 Å². The molecule has 4 aromatic rings. The number of hydrogen-bond donors (Lipinski definition) is 1. The van der Waals surface area contributed by atoms with Crippen LogP contribution in [-0.2, 0) is 4.79 Å². The summed E-state index contributed by atoms with van der Waals surface area (Å²) in [6.07, 6.45) is 0. The maximum atomic E-state index is 12.1. The Labute approximate surface area is 169 Å². The molecule has 8 heteroatoms. The van der Waals surface area contributed by atoms with Crippen LogP contribution in [0.3, 0.4) is 0 Å². The number of ether oxygens (including phenoxy) is 1. The average molecular weight is 405 g/mol. The molecule has 7 nitrogen and oxygen atoms in total. The molecule has 1 N–H and O–H groups in total. The van der Waals surface area contributed by atoms with Crippen molar-refractivity contribution in [3.8, 4) is 16.9 Å². The van der Waals surface area contributed by atoms with Gasteiger partial charge in [-0.15, -0.1) is 0 Å². The number of nitro groups is 1. The Morgan fingerprint density at radius 2 is 1.76 bits per heavy atom. The van der Waals surface area contributed by atoms with Gasteiger partial charge in [0.1, 0.15) is 5.75 Å². The molecule has 144 valence electrons. The second-order valence-corrected chi connectivity index (χ2v) is 7.19. The van der Waals surface area contributed by atoms with Crippen LogP contribution in [0, 0.1) is 10.1 Å². The fourth-order valence-electron chi connectivity index (χ4n) is 2.76. The van der Waals surface area contributed by atoms with Crippen molar-refractivity contribution in [1.82, 2.24) is 4.98 Å². The number of fused-ring (bicyclic) bond motifs is 1. The summed E-state index contributed by atoms with van der Waals surface area (Å²) in [7, 11) is 0. The van der Waals surface area contributed by atoms with E-state index in [-0.39, 0.29) is 18.2 Å². The summed E-state index contributed by atoms with van der Waals surface area (Å²) in [4.78, 5) is 26.8. The van der Waals surface area contributed by atoms with Gasteiger partial charge in [0.25, 0.3) is 11.6 Å². The van der Waals surface area contributed by atoms with Gasteiger partial charge < -0.3 is 4.74 Å². The standard InChI is InChI=1S/C21H15N3O4S/c25-20(23-21-22-18-11-8-16(24(26)27)12-19(18)29-21)13-28-17-9-6-15(7-10-17)14-4-2-1-3-5-14/h1-12H,13H2,(H,22,23,25). The number of carbonyl (C=O) groups excluding carboxylic acids is 1. The zero-order valence-corrected chi connectivity index (χ0v) is 15.9. The van der Waals surface area contributed by atoms with Crippen LogP contribution in [-0.4, -0.2) is 22.4 Å². The normalized spacial score (nSPS) is 10.6. The Bertz CT molecular complexity index is 1170. The third-order valence-electron chi connectivity index (χ3n) is 4.16. The molecule has 0 fully saturated rings. The van der Waals surface area contributed by atoms with Crippen molar-refractivity contribution in [2.24, 2.45) is 0 Å². The van der Waals surface area contributed by atoms with Gasteiger partial charge in [-0.3, -0.25) is 20.2 Å². The van der Waals surface area contributed by atoms with Crippen LogP contribution < -0.4 is 10.1 Å². The summed E-state index contributed by atoms with van der Waals surface area (Å²) in [5, 5.41) is 13.9. The Morgan fingerprint density at radius 1 is 1.03 bits per heavy atom. The zero-order valence-electron chi connectivity index (χ0n) is 15.1. The van der Waals surface area contributed by atoms with Crippen LogP contribution in [0.15, 0.2) is 72.8 Å². The van der Waals surface area contributed by atoms with E-state index in [0.29, 0.717) is 21.1 Å². The highest BCUT2D eigenvalue weighted by Crippen LogP contribution is 2.29. The van der Waals surface area contributed by atoms with Crippen molar-refractivity contribution < 1.29 is 14.5 Å². The smallest absolute Gasteiger partial charge is 0.270 e. The summed E-state index contributed by atoms with van der Waals surface area (Å²) in [5.74, 6) is 0.227. The van der Waals surface area contributed by atoms with Crippen molar-refractivity contribution in [3.05, 3.63) is 82.9 Å². The number of rotatable bonds is 6. The summed E-state index contributed by atoms with van der Waals surface area (Å²) >= 11 is 1.18. The minimum atomic E-state index is -0.464. The molecule has 0 atom stereocenters. The second-order valence-electron chi connectivity index (χ2n) is 6.16. The lowest BCUT2D eigenvalue weighted by molar-refractivity contribution is -0.384. The number of hydrogen-bond acceptors (Lipinski definition) is 6. The van der Waals surface area contributed by atoms with Gasteiger partial charge in [0.05, 0.1) is 15.1 Å². The SMILES string of the molecule is O=C(COc1ccc(-c2ccccc2)cc1)Nc1nc2ccc([N+](=O)[O-])cc2s1. The molecule has 0 spiro atoms. The van der Waals surface area contributed by atoms with E-state index < -0.39 is 4.92 Å². The van der Waals surface area contributed by atoms with Crippen molar-refractivity contribution >= 4 is 38.3 Å². The molecular formula is C21H15N3O4S. The number of aromatic nitrogens is 1. The van der Waals surface area contributed by atoms with Crippen molar-refractivity contribution in [2.75, 3.05) is 11.9 Å². The maximum Gasteiger partial charge on any atom is 0.270 e. The van der Waals surface area contributed by atoms with E-state index >= 15 is 0 Å². The van der Waals surface area contributed by atoms with Gasteiger partial charge in [-0.05, 0) is 29.3 Å². The molecule has 0 bridgehead atoms. The number of thiazole rings is 1. The first-order chi connectivity index (χ1) is 14.1. The number of benzene rings is 3. The van der Waals surface area contributed by atoms with Crippen LogP contribution in [0.25, 0.3) is 21.3 Å². The van der Waals surface area contributed by atoms with E-state index in [1.54, 1.807) is 6.07 Å². The zero-order chi connectivity index (χ0) is 20.2. The molecule has 0 aliphatic rings. The summed E-state index contributed by atoms with van der Waals surface area (Å²) < 4.78 is 6.16. The molecule has 0 saturated carbocycles. The molecule has 4 rings (SSSR count). The number of nitrogens with zero attached hydrogens (tertiary/aromatic N) is 2. The highest BCUT2D eigenvalue weighted by Gasteiger charge is 2.12. The van der Waals surface area contributed by atoms with E-state index in [0.717, 1.165) is 11.1 Å². The highest BCUT2D eigenvalue weighted by molar-refractivity contribution is 7.22. The molecule has 0 radical (unpaired) electrons. The van der Waals surface area contributed by atoms with E-state index in [4.69, 9.17) is 4.74 Å². The van der Waals surface area contributed by atoms with E-state index in [1.165, 1.54) is 23.5 Å². The first-order valence-electron chi connectivity index (χ1n) is 8.71. The number of non-ortho nitro benzene ring substituents is 1. The first-order valence-corrected chi connectivity index (χ1v) is 9.53. The summed E-state index contributed by atoms with van der Waals surface area (Å²) in [5.41, 5.74) is 2.74. The monoisotopic (exact) mass is 405 g/mol. The third-order valence-corrected chi connectivity index (χ3v) is 5.09. The topological polar surface area (TPSA) is 94.4 Å². The Hall–Kier alpha value is -3.78. The molecule has 0 saturated heterocycles. The molecule has 0 unspecified atom stereocenters. The molecule has 1 heterocycles. The van der Waals surface area contributed by atoms with Crippen LogP contribution in [0.4, 0.5) is 10.8 Å². The molecule has 3 aromatic carbocycles. The molecular weight excluding hydrogens is 390 g/mol. The number of amides is 1. The Kier molecular flexibility index (Phi) is 5.17. The fourth-order valence-corrected chi connectivity index (χ4v) is 3.67. The van der Waals surface area contributed by atoms with E-state index in [9.17, 15) is 14.9 Å². The average Bonchev–Trinajstić information content (AvgIpc) is 3.14. The number of nitro benzene ring substituents is 1. The summed E-state index contributed by atoms with van der Waals surface area (Å²) in [6, 6.07) is 21.8. The molecule has 0 aliphatic heterocycles. The van der Waals surface area contributed by atoms with E-state index in [1.807, 2.05) is 54.6 Å². The van der Waals surface area contributed by atoms with Gasteiger partial charge in [0.15, 0.2) is 11.7 Å². The van der Waals surface area contributed by atoms with Crippen molar-refractivity contribution in [2.45, 2.75) is 0 Å². The lowest BCUT2D eigenvalue weighted by Gasteiger charge is -2.07. The van der Waals surface area contributed by atoms with Gasteiger partial charge in [-0.25, -0.2) is 4.98 Å². The van der Waals surface area contributed by atoms with Gasteiger partial charge in [0, 0.05) is 12.1 Å². The highest BCUT2D eigenvalue weighted by atomic mass is 32.1. The lowest BCUT2D eigenvalue weighted by Crippen LogP contribution is -2.19. The van der Waals surface area contributed by atoms with Crippen molar-refractivity contribution in [3.63, 3.8) is 0 Å². The Morgan fingerprint density at radius 3 is 2.48 bits per heavy atom. The summed E-state index contributed by atoms with van der Waals surface area (Å²) in [6.45, 7) is -0.166. The second kappa shape index (κ2) is 8.07. The van der Waals surface area contributed by atoms with Crippen LogP contribution in [0.2, 0.25) is 0 Å². The van der Waals surface area contributed by atoms with Crippen LogP contribution in [0.5, 0.6) is 5.75 Å². The van der Waals surface area contributed by atoms with E-state index in [2.05, 4.69) is 10.3 Å². The van der Waals surface area contributed by atoms with Gasteiger partial charge in [-0.1, -0.05) is 53.8 Å². The first kappa shape index (κ1) is 18.6. The molecule has 29 heavy (non-hydrogen) atoms. The largest absolute Gasteiger partial charge is 0.484 e. The lowest BCUT2D eigenvalue weighted by atomic mass is 10.1. The minimum Gasteiger partial charge on any atom is -0.484 e. The van der Waals surface area contributed by atoms with Crippen LogP contribution in [0.1, 0.15) is 0 Å². The molecule has 1 amide bonds. The third kappa shape index (κ3) is 4.39. The quantitative estimate of drug-likeness (QED) is 0.364. The predicted molar refractivity (Wildman–Crippen MR) is 112 cm³/mol. The van der Waals surface area contributed by atoms with Gasteiger partial charge in [0.2, 0.25) is 0 Å². The van der Waals surface area contributed by atoms with Gasteiger partial charge in [-0.2, -0.15) is 0 Å². The fraction of sp³-hybridized carbons (Fsp3) is 0.0476. The predicted octanol–water partition coefficient (Wildman–Crippen LogP) is 4.89. The molecule has 1 aromatic heterocycles. The number of nitrogens with one attached hydrogen (secondary N) is 1. The minimum absolute atomic E-state index is 0.0127. The van der Waals surface area contributed by atoms with Crippen LogP contribution >= 0.6 is 11.3 Å². The number of carbonyl (C=O) groups is 1. The number of anilines is 1. The molecule has 0 aliphatic carbocycles. The van der Waals surface area contributed by atoms with Gasteiger partial charge >= 0.3 is 0 Å². The Balaban J connectivity index is 1.36.